The molecule has 3 heteroatoms. The van der Waals surface area contributed by atoms with Crippen molar-refractivity contribution < 1.29 is 14.8 Å². The Bertz CT molecular complexity index is 304. The number of aliphatic carboxylic acids is 1. The summed E-state index contributed by atoms with van der Waals surface area (Å²) < 4.78 is 0. The van der Waals surface area contributed by atoms with Crippen LogP contribution in [0.15, 0.2) is 24.0 Å². The second kappa shape index (κ2) is 12.9. The van der Waals surface area contributed by atoms with Crippen LogP contribution in [0.1, 0.15) is 72.1 Å². The molecule has 1 rings (SSSR count). The van der Waals surface area contributed by atoms with E-state index in [1.165, 1.54) is 63.5 Å². The van der Waals surface area contributed by atoms with Gasteiger partial charge in [0.05, 0.1) is 12.7 Å². The number of hydrogen-bond donors (Lipinski definition) is 1. The summed E-state index contributed by atoms with van der Waals surface area (Å²) in [6.07, 6.45) is 18.0. The summed E-state index contributed by atoms with van der Waals surface area (Å²) in [7, 11) is 0. The van der Waals surface area contributed by atoms with Crippen molar-refractivity contribution in [2.24, 2.45) is 0 Å². The molecule has 0 radical (unpaired) electrons. The predicted molar refractivity (Wildman–Crippen MR) is 82.0 cm³/mol. The molecule has 0 amide bonds. The number of hydrogen-bond acceptors (Lipinski definition) is 2. The van der Waals surface area contributed by atoms with Crippen LogP contribution in [0.3, 0.4) is 0 Å². The average molecular weight is 281 g/mol. The molecule has 0 bridgehead atoms. The number of carbonyl (C=O) groups is 1. The lowest BCUT2D eigenvalue weighted by molar-refractivity contribution is -0.788. The zero-order valence-corrected chi connectivity index (χ0v) is 13.4. The maximum atomic E-state index is 8.89. The highest BCUT2D eigenvalue weighted by Crippen LogP contribution is 2.06. The third-order valence-electron chi connectivity index (χ3n) is 3.36. The lowest BCUT2D eigenvalue weighted by atomic mass is 10.1. The molecule has 3 nitrogen and oxygen atoms in total. The van der Waals surface area contributed by atoms with Gasteiger partial charge in [-0.2, -0.15) is 0 Å². The Labute approximate surface area is 124 Å². The molecule has 0 saturated carbocycles. The predicted octanol–water partition coefficient (Wildman–Crippen LogP) is 2.20. The quantitative estimate of drug-likeness (QED) is 0.659. The highest BCUT2D eigenvalue weighted by Gasteiger charge is 2.08. The molecule has 0 aromatic rings. The molecule has 0 spiro atoms. The van der Waals surface area contributed by atoms with Gasteiger partial charge in [-0.1, -0.05) is 46.0 Å². The molecular weight excluding hydrogens is 250 g/mol. The molecule has 0 aliphatic carbocycles. The Morgan fingerprint density at radius 1 is 1.10 bits per heavy atom. The maximum absolute atomic E-state index is 8.89. The molecule has 20 heavy (non-hydrogen) atoms. The van der Waals surface area contributed by atoms with Gasteiger partial charge in [-0.15, -0.1) is 0 Å². The summed E-state index contributed by atoms with van der Waals surface area (Å²) in [5, 5.41) is 8.89. The highest BCUT2D eigenvalue weighted by atomic mass is 16.4. The first-order chi connectivity index (χ1) is 9.60. The number of carbonyl (C=O) groups excluding carboxylic acids is 1. The average Bonchev–Trinajstić information content (AvgIpc) is 2.85. The van der Waals surface area contributed by atoms with E-state index in [1.54, 1.807) is 4.90 Å². The SMILES string of the molecule is CC(=O)[O-].CCCCCCCCC[NH+]1C=CC(CC)=C1. The van der Waals surface area contributed by atoms with Crippen LogP contribution in [-0.2, 0) is 4.79 Å². The second-order valence-corrected chi connectivity index (χ2v) is 5.34. The molecule has 0 aromatic heterocycles. The second-order valence-electron chi connectivity index (χ2n) is 5.34. The van der Waals surface area contributed by atoms with Crippen LogP contribution >= 0.6 is 0 Å². The zero-order chi connectivity index (χ0) is 15.2. The fourth-order valence-electron chi connectivity index (χ4n) is 2.21. The normalized spacial score (nSPS) is 16.6. The Hall–Kier alpha value is -1.09. The fourth-order valence-corrected chi connectivity index (χ4v) is 2.21. The molecule has 0 fully saturated rings. The number of carboxylic acid groups (broad SMARTS) is 1. The summed E-state index contributed by atoms with van der Waals surface area (Å²) in [5.41, 5.74) is 1.50. The van der Waals surface area contributed by atoms with E-state index in [4.69, 9.17) is 9.90 Å². The van der Waals surface area contributed by atoms with Crippen molar-refractivity contribution in [3.05, 3.63) is 24.0 Å². The van der Waals surface area contributed by atoms with Gasteiger partial charge in [0.25, 0.3) is 0 Å². The summed E-state index contributed by atoms with van der Waals surface area (Å²) in [4.78, 5) is 10.4. The number of carboxylic acids is 1. The molecule has 1 N–H and O–H groups in total. The number of allylic oxidation sites excluding steroid dienone is 2. The zero-order valence-electron chi connectivity index (χ0n) is 13.4. The Kier molecular flexibility index (Phi) is 12.2. The van der Waals surface area contributed by atoms with Crippen LogP contribution in [0.25, 0.3) is 0 Å². The lowest BCUT2D eigenvalue weighted by Gasteiger charge is -2.06. The molecule has 0 aromatic carbocycles. The van der Waals surface area contributed by atoms with E-state index in [0.717, 1.165) is 6.92 Å². The molecule has 1 unspecified atom stereocenters. The summed E-state index contributed by atoms with van der Waals surface area (Å²) in [6.45, 7) is 6.77. The first-order valence-electron chi connectivity index (χ1n) is 8.02. The summed E-state index contributed by atoms with van der Waals surface area (Å²) in [6, 6.07) is 0. The van der Waals surface area contributed by atoms with Crippen molar-refractivity contribution >= 4 is 5.97 Å². The van der Waals surface area contributed by atoms with Gasteiger partial charge in [-0.3, -0.25) is 4.90 Å². The molecule has 1 aliphatic rings. The van der Waals surface area contributed by atoms with Crippen LogP contribution in [0.5, 0.6) is 0 Å². The minimum Gasteiger partial charge on any atom is -0.550 e. The fraction of sp³-hybridized carbons (Fsp3) is 0.706. The number of quaternary nitrogens is 1. The van der Waals surface area contributed by atoms with Gasteiger partial charge < -0.3 is 9.90 Å². The number of rotatable bonds is 9. The van der Waals surface area contributed by atoms with Crippen LogP contribution in [0.4, 0.5) is 0 Å². The monoisotopic (exact) mass is 281 g/mol. The third-order valence-corrected chi connectivity index (χ3v) is 3.36. The van der Waals surface area contributed by atoms with E-state index in [2.05, 4.69) is 32.3 Å². The Morgan fingerprint density at radius 3 is 2.15 bits per heavy atom. The number of nitrogens with one attached hydrogen (secondary N) is 1. The Morgan fingerprint density at radius 2 is 1.65 bits per heavy atom. The van der Waals surface area contributed by atoms with E-state index in [-0.39, 0.29) is 0 Å². The van der Waals surface area contributed by atoms with Gasteiger partial charge in [-0.05, 0) is 26.2 Å². The molecule has 1 heterocycles. The first kappa shape index (κ1) is 18.9. The topological polar surface area (TPSA) is 44.6 Å². The van der Waals surface area contributed by atoms with E-state index < -0.39 is 5.97 Å². The largest absolute Gasteiger partial charge is 0.550 e. The Balaban J connectivity index is 0.000000796. The van der Waals surface area contributed by atoms with E-state index in [0.29, 0.717) is 0 Å². The van der Waals surface area contributed by atoms with Crippen molar-refractivity contribution in [1.29, 1.82) is 0 Å². The van der Waals surface area contributed by atoms with Crippen molar-refractivity contribution in [3.8, 4) is 0 Å². The van der Waals surface area contributed by atoms with Gasteiger partial charge in [0.15, 0.2) is 0 Å². The maximum Gasteiger partial charge on any atom is 0.102 e. The molecule has 1 atom stereocenters. The van der Waals surface area contributed by atoms with Gasteiger partial charge in [0.2, 0.25) is 0 Å². The molecular formula is C17H31NO2. The summed E-state index contributed by atoms with van der Waals surface area (Å²) in [5.74, 6) is -1.08. The van der Waals surface area contributed by atoms with Crippen LogP contribution in [-0.4, -0.2) is 12.5 Å². The van der Waals surface area contributed by atoms with Crippen LogP contribution in [0, 0.1) is 0 Å². The number of unbranched alkanes of at least 4 members (excludes halogenated alkanes) is 6. The lowest BCUT2D eigenvalue weighted by Crippen LogP contribution is -3.01. The van der Waals surface area contributed by atoms with E-state index in [9.17, 15) is 0 Å². The van der Waals surface area contributed by atoms with Crippen molar-refractivity contribution in [2.45, 2.75) is 72.1 Å². The van der Waals surface area contributed by atoms with Crippen molar-refractivity contribution in [1.82, 2.24) is 0 Å². The van der Waals surface area contributed by atoms with Crippen molar-refractivity contribution in [2.75, 3.05) is 6.54 Å². The van der Waals surface area contributed by atoms with Gasteiger partial charge in [0, 0.05) is 17.6 Å². The summed E-state index contributed by atoms with van der Waals surface area (Å²) >= 11 is 0. The smallest absolute Gasteiger partial charge is 0.102 e. The molecule has 0 saturated heterocycles. The third kappa shape index (κ3) is 12.0. The van der Waals surface area contributed by atoms with Gasteiger partial charge in [-0.25, -0.2) is 0 Å². The van der Waals surface area contributed by atoms with Gasteiger partial charge in [0.1, 0.15) is 6.20 Å². The van der Waals surface area contributed by atoms with Crippen molar-refractivity contribution in [3.63, 3.8) is 0 Å². The first-order valence-corrected chi connectivity index (χ1v) is 8.02. The molecule has 116 valence electrons. The van der Waals surface area contributed by atoms with E-state index in [1.807, 2.05) is 0 Å². The van der Waals surface area contributed by atoms with Gasteiger partial charge >= 0.3 is 0 Å². The van der Waals surface area contributed by atoms with Crippen LogP contribution < -0.4 is 10.0 Å². The standard InChI is InChI=1S/C15H27N.C2H4O2/c1-3-5-6-7-8-9-10-12-16-13-11-15(4-2)14-16;1-2(3)4/h11,13-14H,3-10,12H2,1-2H3;1H3,(H,3,4). The van der Waals surface area contributed by atoms with Crippen LogP contribution in [0.2, 0.25) is 0 Å². The molecule has 1 aliphatic heterocycles. The minimum absolute atomic E-state index is 0.972. The van der Waals surface area contributed by atoms with E-state index >= 15 is 0 Å². The minimum atomic E-state index is -1.08. The highest BCUT2D eigenvalue weighted by molar-refractivity contribution is 5.60.